The monoisotopic (exact) mass is 291 g/mol. The molecule has 0 spiro atoms. The fourth-order valence-corrected chi connectivity index (χ4v) is 5.14. The van der Waals surface area contributed by atoms with E-state index >= 15 is 0 Å². The van der Waals surface area contributed by atoms with Crippen LogP contribution in [0.3, 0.4) is 0 Å². The molecule has 20 heavy (non-hydrogen) atoms. The molecule has 0 aliphatic carbocycles. The molecule has 0 N–H and O–H groups in total. The molecule has 2 aliphatic rings. The maximum atomic E-state index is 12.3. The predicted molar refractivity (Wildman–Crippen MR) is 81.7 cm³/mol. The fourth-order valence-electron chi connectivity index (χ4n) is 3.50. The number of esters is 1. The summed E-state index contributed by atoms with van der Waals surface area (Å²) in [6, 6.07) is 10.9. The van der Waals surface area contributed by atoms with Crippen LogP contribution in [0.4, 0.5) is 0 Å². The lowest BCUT2D eigenvalue weighted by Gasteiger charge is -2.28. The van der Waals surface area contributed by atoms with E-state index in [2.05, 4.69) is 36.1 Å². The molecule has 0 aromatic heterocycles. The average molecular weight is 291 g/mol. The molecule has 2 fully saturated rings. The Hall–Kier alpha value is -1.00. The molecule has 2 saturated heterocycles. The summed E-state index contributed by atoms with van der Waals surface area (Å²) in [6.07, 6.45) is 0. The number of nitrogens with zero attached hydrogens (tertiary/aromatic N) is 1. The summed E-state index contributed by atoms with van der Waals surface area (Å²) in [6.45, 7) is 4.06. The molecule has 0 unspecified atom stereocenters. The Labute approximate surface area is 124 Å². The Balaban J connectivity index is 1.80. The molecule has 0 saturated carbocycles. The van der Waals surface area contributed by atoms with Gasteiger partial charge in [-0.2, -0.15) is 11.8 Å². The number of rotatable bonds is 3. The van der Waals surface area contributed by atoms with E-state index in [-0.39, 0.29) is 11.4 Å². The van der Waals surface area contributed by atoms with Gasteiger partial charge in [0.1, 0.15) is 0 Å². The molecule has 0 radical (unpaired) electrons. The Morgan fingerprint density at radius 1 is 1.45 bits per heavy atom. The Morgan fingerprint density at radius 2 is 2.20 bits per heavy atom. The summed E-state index contributed by atoms with van der Waals surface area (Å²) in [5, 5.41) is 0. The summed E-state index contributed by atoms with van der Waals surface area (Å²) in [7, 11) is 1.51. The van der Waals surface area contributed by atoms with Crippen LogP contribution in [0.2, 0.25) is 0 Å². The van der Waals surface area contributed by atoms with Gasteiger partial charge in [-0.3, -0.25) is 9.69 Å². The van der Waals surface area contributed by atoms with Crippen LogP contribution in [-0.2, 0) is 9.53 Å². The standard InChI is InChI=1S/C16H21NO2S/c1-12(13-6-4-3-5-7-13)17-8-14-9-20-11-16(14,10-17)15(18)19-2/h3-7,12,14H,8-11H2,1-2H3/t12-,14+,16+/m0/s1. The Kier molecular flexibility index (Phi) is 3.78. The van der Waals surface area contributed by atoms with E-state index in [0.29, 0.717) is 12.0 Å². The second-order valence-electron chi connectivity index (χ2n) is 5.88. The molecule has 2 heterocycles. The predicted octanol–water partition coefficient (Wildman–Crippen LogP) is 2.59. The molecule has 3 atom stereocenters. The highest BCUT2D eigenvalue weighted by atomic mass is 32.2. The second-order valence-corrected chi connectivity index (χ2v) is 6.91. The zero-order valence-electron chi connectivity index (χ0n) is 12.0. The smallest absolute Gasteiger partial charge is 0.314 e. The molecular weight excluding hydrogens is 270 g/mol. The van der Waals surface area contributed by atoms with Crippen LogP contribution in [-0.4, -0.2) is 42.6 Å². The zero-order chi connectivity index (χ0) is 14.2. The van der Waals surface area contributed by atoms with Crippen LogP contribution < -0.4 is 0 Å². The van der Waals surface area contributed by atoms with Crippen molar-refractivity contribution in [1.29, 1.82) is 0 Å². The molecule has 1 aromatic carbocycles. The fraction of sp³-hybridized carbons (Fsp3) is 0.562. The first-order chi connectivity index (χ1) is 9.67. The quantitative estimate of drug-likeness (QED) is 0.801. The third-order valence-electron chi connectivity index (χ3n) is 4.82. The first-order valence-electron chi connectivity index (χ1n) is 7.12. The number of carbonyl (C=O) groups excluding carboxylic acids is 1. The van der Waals surface area contributed by atoms with Crippen LogP contribution in [0.15, 0.2) is 30.3 Å². The number of benzene rings is 1. The van der Waals surface area contributed by atoms with Gasteiger partial charge in [0.05, 0.1) is 12.5 Å². The summed E-state index contributed by atoms with van der Waals surface area (Å²) in [5.74, 6) is 2.40. The average Bonchev–Trinajstić information content (AvgIpc) is 3.04. The number of likely N-dealkylation sites (tertiary alicyclic amines) is 1. The summed E-state index contributed by atoms with van der Waals surface area (Å²) in [5.41, 5.74) is 1.04. The first kappa shape index (κ1) is 14.0. The van der Waals surface area contributed by atoms with Gasteiger partial charge in [-0.05, 0) is 24.2 Å². The highest BCUT2D eigenvalue weighted by Crippen LogP contribution is 2.49. The number of fused-ring (bicyclic) bond motifs is 1. The number of hydrogen-bond donors (Lipinski definition) is 0. The van der Waals surface area contributed by atoms with E-state index in [9.17, 15) is 4.79 Å². The van der Waals surface area contributed by atoms with Gasteiger partial charge in [0, 0.05) is 24.9 Å². The van der Waals surface area contributed by atoms with E-state index < -0.39 is 0 Å². The van der Waals surface area contributed by atoms with Crippen LogP contribution in [0.25, 0.3) is 0 Å². The highest BCUT2D eigenvalue weighted by molar-refractivity contribution is 7.99. The summed E-state index contributed by atoms with van der Waals surface area (Å²) < 4.78 is 5.09. The normalized spacial score (nSPS) is 31.0. The maximum absolute atomic E-state index is 12.3. The van der Waals surface area contributed by atoms with Crippen molar-refractivity contribution in [2.24, 2.45) is 11.3 Å². The van der Waals surface area contributed by atoms with Crippen molar-refractivity contribution in [1.82, 2.24) is 4.90 Å². The summed E-state index contributed by atoms with van der Waals surface area (Å²) in [4.78, 5) is 14.7. The van der Waals surface area contributed by atoms with Crippen LogP contribution in [0.5, 0.6) is 0 Å². The molecular formula is C16H21NO2S. The van der Waals surface area contributed by atoms with Crippen LogP contribution in [0.1, 0.15) is 18.5 Å². The second kappa shape index (κ2) is 5.41. The molecule has 3 rings (SSSR count). The van der Waals surface area contributed by atoms with E-state index in [1.807, 2.05) is 17.8 Å². The van der Waals surface area contributed by atoms with Crippen molar-refractivity contribution in [2.45, 2.75) is 13.0 Å². The number of methoxy groups -OCH3 is 1. The number of hydrogen-bond acceptors (Lipinski definition) is 4. The highest BCUT2D eigenvalue weighted by Gasteiger charge is 2.56. The van der Waals surface area contributed by atoms with Crippen molar-refractivity contribution in [3.05, 3.63) is 35.9 Å². The SMILES string of the molecule is COC(=O)[C@]12CSC[C@H]1CN([C@@H](C)c1ccccc1)C2. The molecule has 4 heteroatoms. The van der Waals surface area contributed by atoms with Gasteiger partial charge in [-0.25, -0.2) is 0 Å². The molecule has 3 nitrogen and oxygen atoms in total. The van der Waals surface area contributed by atoms with Gasteiger partial charge in [0.2, 0.25) is 0 Å². The maximum Gasteiger partial charge on any atom is 0.314 e. The van der Waals surface area contributed by atoms with Crippen molar-refractivity contribution < 1.29 is 9.53 Å². The van der Waals surface area contributed by atoms with Crippen molar-refractivity contribution in [3.63, 3.8) is 0 Å². The van der Waals surface area contributed by atoms with Crippen LogP contribution in [0, 0.1) is 11.3 Å². The number of thioether (sulfide) groups is 1. The molecule has 0 bridgehead atoms. The molecule has 2 aliphatic heterocycles. The Bertz CT molecular complexity index is 493. The van der Waals surface area contributed by atoms with Gasteiger partial charge in [-0.1, -0.05) is 30.3 Å². The van der Waals surface area contributed by atoms with Gasteiger partial charge in [-0.15, -0.1) is 0 Å². The lowest BCUT2D eigenvalue weighted by atomic mass is 9.81. The largest absolute Gasteiger partial charge is 0.469 e. The minimum atomic E-state index is -0.275. The van der Waals surface area contributed by atoms with Gasteiger partial charge >= 0.3 is 5.97 Å². The Morgan fingerprint density at radius 3 is 2.90 bits per heavy atom. The van der Waals surface area contributed by atoms with Crippen LogP contribution >= 0.6 is 11.8 Å². The third-order valence-corrected chi connectivity index (χ3v) is 6.18. The zero-order valence-corrected chi connectivity index (χ0v) is 12.9. The van der Waals surface area contributed by atoms with Gasteiger partial charge < -0.3 is 4.74 Å². The number of ether oxygens (including phenoxy) is 1. The van der Waals surface area contributed by atoms with Crippen molar-refractivity contribution in [2.75, 3.05) is 31.7 Å². The lowest BCUT2D eigenvalue weighted by molar-refractivity contribution is -0.152. The molecule has 108 valence electrons. The van der Waals surface area contributed by atoms with E-state index in [1.54, 1.807) is 0 Å². The van der Waals surface area contributed by atoms with Crippen molar-refractivity contribution >= 4 is 17.7 Å². The van der Waals surface area contributed by atoms with Crippen molar-refractivity contribution in [3.8, 4) is 0 Å². The van der Waals surface area contributed by atoms with E-state index in [0.717, 1.165) is 24.6 Å². The third kappa shape index (κ3) is 2.15. The van der Waals surface area contributed by atoms with E-state index in [1.165, 1.54) is 12.7 Å². The number of carbonyl (C=O) groups is 1. The topological polar surface area (TPSA) is 29.5 Å². The molecule has 1 aromatic rings. The minimum absolute atomic E-state index is 0.0183. The van der Waals surface area contributed by atoms with E-state index in [4.69, 9.17) is 4.74 Å². The van der Waals surface area contributed by atoms with Gasteiger partial charge in [0.25, 0.3) is 0 Å². The van der Waals surface area contributed by atoms with Gasteiger partial charge in [0.15, 0.2) is 0 Å². The summed E-state index contributed by atoms with van der Waals surface area (Å²) >= 11 is 1.89. The molecule has 0 amide bonds. The first-order valence-corrected chi connectivity index (χ1v) is 8.28. The minimum Gasteiger partial charge on any atom is -0.469 e. The lowest BCUT2D eigenvalue weighted by Crippen LogP contribution is -2.39.